The summed E-state index contributed by atoms with van der Waals surface area (Å²) in [5.41, 5.74) is 2.96. The molecule has 0 saturated carbocycles. The lowest BCUT2D eigenvalue weighted by molar-refractivity contribution is 0.243. The third kappa shape index (κ3) is 6.73. The molecule has 0 atom stereocenters. The van der Waals surface area contributed by atoms with Crippen LogP contribution in [0.4, 0.5) is 5.69 Å². The number of benzene rings is 2. The summed E-state index contributed by atoms with van der Waals surface area (Å²) in [4.78, 5) is 7.46. The lowest BCUT2D eigenvalue weighted by Gasteiger charge is -2.24. The number of aromatic nitrogens is 1. The van der Waals surface area contributed by atoms with Crippen molar-refractivity contribution in [3.8, 4) is 5.75 Å². The van der Waals surface area contributed by atoms with Crippen LogP contribution in [0.25, 0.3) is 21.8 Å². The molecule has 0 unspecified atom stereocenters. The Balaban J connectivity index is 1.76. The normalized spacial score (nSPS) is 11.9. The van der Waals surface area contributed by atoms with Crippen molar-refractivity contribution in [2.75, 3.05) is 38.6 Å². The molecule has 0 aliphatic heterocycles. The second kappa shape index (κ2) is 11.7. The van der Waals surface area contributed by atoms with Gasteiger partial charge in [0.25, 0.3) is 0 Å². The molecule has 0 fully saturated rings. The minimum absolute atomic E-state index is 0.703. The van der Waals surface area contributed by atoms with Crippen molar-refractivity contribution < 1.29 is 4.74 Å². The van der Waals surface area contributed by atoms with Gasteiger partial charge in [0.2, 0.25) is 0 Å². The second-order valence-corrected chi connectivity index (χ2v) is 9.95. The first-order valence-electron chi connectivity index (χ1n) is 11.9. The molecule has 32 heavy (non-hydrogen) atoms. The molecule has 5 heteroatoms. The highest BCUT2D eigenvalue weighted by atomic mass is 35.5. The predicted octanol–water partition coefficient (Wildman–Crippen LogP) is 7.25. The van der Waals surface area contributed by atoms with Gasteiger partial charge < -0.3 is 15.0 Å². The standard InChI is InChI=1S/C27H38ClN3O/c1-19(2)11-15-31(16-12-20(3)4)14-6-13-29-27-23-9-7-21(28)17-26(23)30-25-10-8-22(32-5)18-24(25)27/h7-10,17-20H,6,11-16H2,1-5H3,(H,29,30). The fraction of sp³-hybridized carbons (Fsp3) is 0.519. The summed E-state index contributed by atoms with van der Waals surface area (Å²) in [5.74, 6) is 2.32. The lowest BCUT2D eigenvalue weighted by Crippen LogP contribution is -2.30. The molecule has 3 rings (SSSR count). The topological polar surface area (TPSA) is 37.4 Å². The van der Waals surface area contributed by atoms with Crippen LogP contribution in [0.1, 0.15) is 47.0 Å². The van der Waals surface area contributed by atoms with Crippen molar-refractivity contribution >= 4 is 39.1 Å². The minimum atomic E-state index is 0.703. The van der Waals surface area contributed by atoms with Crippen LogP contribution < -0.4 is 10.1 Å². The van der Waals surface area contributed by atoms with Crippen molar-refractivity contribution in [2.24, 2.45) is 11.8 Å². The zero-order chi connectivity index (χ0) is 23.1. The van der Waals surface area contributed by atoms with E-state index in [1.54, 1.807) is 7.11 Å². The Morgan fingerprint density at radius 3 is 2.28 bits per heavy atom. The van der Waals surface area contributed by atoms with E-state index in [9.17, 15) is 0 Å². The molecule has 0 radical (unpaired) electrons. The molecule has 0 aliphatic carbocycles. The van der Waals surface area contributed by atoms with Gasteiger partial charge in [0.05, 0.1) is 23.8 Å². The Morgan fingerprint density at radius 2 is 1.62 bits per heavy atom. The first kappa shape index (κ1) is 24.6. The zero-order valence-corrected chi connectivity index (χ0v) is 21.0. The molecule has 3 aromatic rings. The molecule has 0 aliphatic rings. The third-order valence-corrected chi connectivity index (χ3v) is 6.18. The number of nitrogens with zero attached hydrogens (tertiary/aromatic N) is 2. The fourth-order valence-corrected chi connectivity index (χ4v) is 4.11. The maximum Gasteiger partial charge on any atom is 0.119 e. The van der Waals surface area contributed by atoms with Gasteiger partial charge in [-0.3, -0.25) is 0 Å². The maximum absolute atomic E-state index is 6.25. The van der Waals surface area contributed by atoms with E-state index in [1.807, 2.05) is 24.3 Å². The van der Waals surface area contributed by atoms with Crippen molar-refractivity contribution in [1.29, 1.82) is 0 Å². The van der Waals surface area contributed by atoms with Crippen LogP contribution in [0.5, 0.6) is 5.75 Å². The number of rotatable bonds is 12. The van der Waals surface area contributed by atoms with Crippen LogP contribution in [0.2, 0.25) is 5.02 Å². The van der Waals surface area contributed by atoms with Gasteiger partial charge in [-0.1, -0.05) is 39.3 Å². The highest BCUT2D eigenvalue weighted by Gasteiger charge is 2.12. The molecule has 1 aromatic heterocycles. The molecule has 1 heterocycles. The average Bonchev–Trinajstić information content (AvgIpc) is 2.76. The van der Waals surface area contributed by atoms with Gasteiger partial charge in [0, 0.05) is 22.3 Å². The molecular formula is C27H38ClN3O. The van der Waals surface area contributed by atoms with Crippen molar-refractivity contribution in [2.45, 2.75) is 47.0 Å². The van der Waals surface area contributed by atoms with E-state index in [4.69, 9.17) is 21.3 Å². The molecule has 0 bridgehead atoms. The van der Waals surface area contributed by atoms with E-state index in [-0.39, 0.29) is 0 Å². The quantitative estimate of drug-likeness (QED) is 0.230. The van der Waals surface area contributed by atoms with E-state index >= 15 is 0 Å². The monoisotopic (exact) mass is 455 g/mol. The maximum atomic E-state index is 6.25. The Morgan fingerprint density at radius 1 is 0.906 bits per heavy atom. The van der Waals surface area contributed by atoms with Crippen LogP contribution in [0, 0.1) is 11.8 Å². The van der Waals surface area contributed by atoms with E-state index in [2.05, 4.69) is 50.0 Å². The lowest BCUT2D eigenvalue weighted by atomic mass is 10.1. The molecule has 4 nitrogen and oxygen atoms in total. The molecule has 0 amide bonds. The molecule has 174 valence electrons. The molecule has 1 N–H and O–H groups in total. The minimum Gasteiger partial charge on any atom is -0.497 e. The van der Waals surface area contributed by atoms with Gasteiger partial charge in [0.1, 0.15) is 5.75 Å². The summed E-state index contributed by atoms with van der Waals surface area (Å²) >= 11 is 6.25. The molecule has 0 spiro atoms. The highest BCUT2D eigenvalue weighted by Crippen LogP contribution is 2.34. The van der Waals surface area contributed by atoms with Crippen molar-refractivity contribution in [3.63, 3.8) is 0 Å². The second-order valence-electron chi connectivity index (χ2n) is 9.52. The van der Waals surface area contributed by atoms with E-state index in [1.165, 1.54) is 25.9 Å². The van der Waals surface area contributed by atoms with Crippen molar-refractivity contribution in [3.05, 3.63) is 41.4 Å². The summed E-state index contributed by atoms with van der Waals surface area (Å²) in [5, 5.41) is 6.59. The first-order valence-corrected chi connectivity index (χ1v) is 12.3. The van der Waals surface area contributed by atoms with E-state index in [0.717, 1.165) is 64.6 Å². The molecule has 0 saturated heterocycles. The summed E-state index contributed by atoms with van der Waals surface area (Å²) in [6.45, 7) is 13.6. The Hall–Kier alpha value is -2.04. The number of anilines is 1. The van der Waals surface area contributed by atoms with Gasteiger partial charge in [-0.25, -0.2) is 4.98 Å². The number of ether oxygens (including phenoxy) is 1. The van der Waals surface area contributed by atoms with Crippen LogP contribution in [-0.2, 0) is 0 Å². The van der Waals surface area contributed by atoms with Gasteiger partial charge in [-0.15, -0.1) is 0 Å². The number of pyridine rings is 1. The Kier molecular flexibility index (Phi) is 9.01. The summed E-state index contributed by atoms with van der Waals surface area (Å²) < 4.78 is 5.47. The van der Waals surface area contributed by atoms with E-state index in [0.29, 0.717) is 5.02 Å². The van der Waals surface area contributed by atoms with E-state index < -0.39 is 0 Å². The first-order chi connectivity index (χ1) is 15.4. The average molecular weight is 456 g/mol. The summed E-state index contributed by atoms with van der Waals surface area (Å²) in [6, 6.07) is 12.0. The number of methoxy groups -OCH3 is 1. The van der Waals surface area contributed by atoms with Crippen LogP contribution in [0.15, 0.2) is 36.4 Å². The zero-order valence-electron chi connectivity index (χ0n) is 20.2. The van der Waals surface area contributed by atoms with Crippen LogP contribution in [-0.4, -0.2) is 43.2 Å². The largest absolute Gasteiger partial charge is 0.497 e. The predicted molar refractivity (Wildman–Crippen MR) is 139 cm³/mol. The summed E-state index contributed by atoms with van der Waals surface area (Å²) in [7, 11) is 1.70. The van der Waals surface area contributed by atoms with Crippen molar-refractivity contribution in [1.82, 2.24) is 9.88 Å². The van der Waals surface area contributed by atoms with Gasteiger partial charge in [-0.05, 0) is 87.1 Å². The number of hydrogen-bond acceptors (Lipinski definition) is 4. The number of nitrogens with one attached hydrogen (secondary N) is 1. The molecular weight excluding hydrogens is 418 g/mol. The van der Waals surface area contributed by atoms with Gasteiger partial charge >= 0.3 is 0 Å². The number of halogens is 1. The van der Waals surface area contributed by atoms with Gasteiger partial charge in [-0.2, -0.15) is 0 Å². The van der Waals surface area contributed by atoms with Crippen LogP contribution >= 0.6 is 11.6 Å². The van der Waals surface area contributed by atoms with Gasteiger partial charge in [0.15, 0.2) is 0 Å². The fourth-order valence-electron chi connectivity index (χ4n) is 3.95. The Labute approximate surface area is 198 Å². The third-order valence-electron chi connectivity index (χ3n) is 5.94. The highest BCUT2D eigenvalue weighted by molar-refractivity contribution is 6.31. The smallest absolute Gasteiger partial charge is 0.119 e. The molecule has 2 aromatic carbocycles. The SMILES string of the molecule is COc1ccc2nc3cc(Cl)ccc3c(NCCCN(CCC(C)C)CCC(C)C)c2c1. The number of hydrogen-bond donors (Lipinski definition) is 1. The van der Waals surface area contributed by atoms with Crippen LogP contribution in [0.3, 0.4) is 0 Å². The number of fused-ring (bicyclic) bond motifs is 2. The summed E-state index contributed by atoms with van der Waals surface area (Å²) in [6.07, 6.45) is 3.61. The Bertz CT molecular complexity index is 1010.